The van der Waals surface area contributed by atoms with Crippen molar-refractivity contribution in [2.24, 2.45) is 11.7 Å². The molecule has 0 spiro atoms. The summed E-state index contributed by atoms with van der Waals surface area (Å²) >= 11 is 1.79. The molecular formula is C16H25N3S. The fourth-order valence-corrected chi connectivity index (χ4v) is 3.46. The fraction of sp³-hybridized carbons (Fsp3) is 0.625. The van der Waals surface area contributed by atoms with Crippen LogP contribution in [0.4, 0.5) is 0 Å². The van der Waals surface area contributed by atoms with E-state index in [-0.39, 0.29) is 0 Å². The fourth-order valence-electron chi connectivity index (χ4n) is 2.53. The van der Waals surface area contributed by atoms with Crippen LogP contribution < -0.4 is 5.73 Å². The molecule has 110 valence electrons. The highest BCUT2D eigenvalue weighted by Gasteiger charge is 2.17. The number of nitrogens with zero attached hydrogens (tertiary/aromatic N) is 2. The molecule has 0 aliphatic carbocycles. The molecule has 0 unspecified atom stereocenters. The normalized spacial score (nSPS) is 17.2. The van der Waals surface area contributed by atoms with Crippen LogP contribution in [0.25, 0.3) is 0 Å². The van der Waals surface area contributed by atoms with Gasteiger partial charge in [0.05, 0.1) is 11.4 Å². The lowest BCUT2D eigenvalue weighted by Gasteiger charge is -2.35. The molecule has 1 aliphatic rings. The molecule has 0 saturated carbocycles. The Morgan fingerprint density at radius 2 is 1.90 bits per heavy atom. The van der Waals surface area contributed by atoms with Crippen LogP contribution in [0, 0.1) is 17.8 Å². The van der Waals surface area contributed by atoms with Gasteiger partial charge in [0.2, 0.25) is 0 Å². The van der Waals surface area contributed by atoms with E-state index in [4.69, 9.17) is 5.73 Å². The molecule has 20 heavy (non-hydrogen) atoms. The van der Waals surface area contributed by atoms with Crippen molar-refractivity contribution in [2.75, 3.05) is 39.3 Å². The Labute approximate surface area is 126 Å². The lowest BCUT2D eigenvalue weighted by atomic mass is 10.2. The highest BCUT2D eigenvalue weighted by Crippen LogP contribution is 2.18. The molecule has 3 nitrogen and oxygen atoms in total. The van der Waals surface area contributed by atoms with Crippen molar-refractivity contribution in [1.82, 2.24) is 9.80 Å². The van der Waals surface area contributed by atoms with Crippen LogP contribution in [0.5, 0.6) is 0 Å². The van der Waals surface area contributed by atoms with Crippen LogP contribution >= 0.6 is 11.3 Å². The third kappa shape index (κ3) is 4.92. The zero-order valence-electron chi connectivity index (χ0n) is 12.6. The molecule has 1 fully saturated rings. The molecule has 1 aromatic rings. The molecule has 1 saturated heterocycles. The molecular weight excluding hydrogens is 266 g/mol. The second kappa shape index (κ2) is 7.80. The number of thiophene rings is 1. The van der Waals surface area contributed by atoms with Gasteiger partial charge in [0, 0.05) is 44.1 Å². The van der Waals surface area contributed by atoms with E-state index in [2.05, 4.69) is 47.6 Å². The van der Waals surface area contributed by atoms with Gasteiger partial charge < -0.3 is 10.6 Å². The average molecular weight is 291 g/mol. The van der Waals surface area contributed by atoms with E-state index in [1.54, 1.807) is 11.3 Å². The molecule has 0 aromatic carbocycles. The Balaban J connectivity index is 1.79. The lowest BCUT2D eigenvalue weighted by molar-refractivity contribution is 0.118. The van der Waals surface area contributed by atoms with Gasteiger partial charge in [0.1, 0.15) is 0 Å². The second-order valence-corrected chi connectivity index (χ2v) is 6.91. The van der Waals surface area contributed by atoms with E-state index in [9.17, 15) is 0 Å². The minimum absolute atomic E-state index is 0.436. The number of hydrogen-bond donors (Lipinski definition) is 1. The predicted octanol–water partition coefficient (Wildman–Crippen LogP) is 1.83. The minimum atomic E-state index is 0.436. The largest absolute Gasteiger partial charge is 0.320 e. The summed E-state index contributed by atoms with van der Waals surface area (Å²) in [4.78, 5) is 7.66. The van der Waals surface area contributed by atoms with E-state index in [1.807, 2.05) is 0 Å². The summed E-state index contributed by atoms with van der Waals surface area (Å²) in [5.41, 5.74) is 5.40. The maximum atomic E-state index is 5.40. The smallest absolute Gasteiger partial charge is 0.0772 e. The van der Waals surface area contributed by atoms with Crippen molar-refractivity contribution in [3.05, 3.63) is 21.9 Å². The number of piperazine rings is 1. The topological polar surface area (TPSA) is 32.5 Å². The van der Waals surface area contributed by atoms with Crippen molar-refractivity contribution in [3.63, 3.8) is 0 Å². The Bertz CT molecular complexity index is 462. The summed E-state index contributed by atoms with van der Waals surface area (Å²) in [6.45, 7) is 12.1. The summed E-state index contributed by atoms with van der Waals surface area (Å²) in [7, 11) is 0. The quantitative estimate of drug-likeness (QED) is 0.859. The Morgan fingerprint density at radius 1 is 1.20 bits per heavy atom. The molecule has 0 radical (unpaired) electrons. The lowest BCUT2D eigenvalue weighted by Crippen LogP contribution is -2.46. The van der Waals surface area contributed by atoms with E-state index in [0.29, 0.717) is 6.54 Å². The van der Waals surface area contributed by atoms with Crippen molar-refractivity contribution < 1.29 is 0 Å². The van der Waals surface area contributed by atoms with Crippen LogP contribution in [0.15, 0.2) is 12.1 Å². The second-order valence-electron chi connectivity index (χ2n) is 5.74. The SMILES string of the molecule is CC(C)CN1CCN(Cc2ccc(C#CCN)s2)CC1. The first-order valence-electron chi connectivity index (χ1n) is 7.39. The molecule has 2 N–H and O–H groups in total. The van der Waals surface area contributed by atoms with Gasteiger partial charge in [0.25, 0.3) is 0 Å². The summed E-state index contributed by atoms with van der Waals surface area (Å²) in [6.07, 6.45) is 0. The van der Waals surface area contributed by atoms with Crippen molar-refractivity contribution in [3.8, 4) is 11.8 Å². The van der Waals surface area contributed by atoms with Crippen molar-refractivity contribution >= 4 is 11.3 Å². The summed E-state index contributed by atoms with van der Waals surface area (Å²) in [5.74, 6) is 6.79. The monoisotopic (exact) mass is 291 g/mol. The van der Waals surface area contributed by atoms with E-state index in [1.165, 1.54) is 37.6 Å². The summed E-state index contributed by atoms with van der Waals surface area (Å²) in [5, 5.41) is 0. The zero-order chi connectivity index (χ0) is 14.4. The van der Waals surface area contributed by atoms with Crippen LogP contribution in [0.2, 0.25) is 0 Å². The molecule has 1 aromatic heterocycles. The van der Waals surface area contributed by atoms with E-state index >= 15 is 0 Å². The third-order valence-corrected chi connectivity index (χ3v) is 4.43. The number of rotatable bonds is 4. The molecule has 0 bridgehead atoms. The van der Waals surface area contributed by atoms with E-state index < -0.39 is 0 Å². The van der Waals surface area contributed by atoms with Gasteiger partial charge >= 0.3 is 0 Å². The van der Waals surface area contributed by atoms with Crippen molar-refractivity contribution in [1.29, 1.82) is 0 Å². The van der Waals surface area contributed by atoms with Gasteiger partial charge in [-0.2, -0.15) is 0 Å². The standard InChI is InChI=1S/C16H25N3S/c1-14(2)12-18-8-10-19(11-9-18)13-16-6-5-15(20-16)4-3-7-17/h5-6,14H,7-13,17H2,1-2H3. The molecule has 1 aliphatic heterocycles. The first-order chi connectivity index (χ1) is 9.67. The van der Waals surface area contributed by atoms with Gasteiger partial charge in [-0.25, -0.2) is 0 Å². The van der Waals surface area contributed by atoms with Crippen LogP contribution in [0.1, 0.15) is 23.6 Å². The Kier molecular flexibility index (Phi) is 6.06. The summed E-state index contributed by atoms with van der Waals surface area (Å²) < 4.78 is 0. The third-order valence-electron chi connectivity index (χ3n) is 3.44. The zero-order valence-corrected chi connectivity index (χ0v) is 13.4. The Hall–Kier alpha value is -0.860. The van der Waals surface area contributed by atoms with Crippen LogP contribution in [-0.2, 0) is 6.54 Å². The first-order valence-corrected chi connectivity index (χ1v) is 8.21. The predicted molar refractivity (Wildman–Crippen MR) is 86.8 cm³/mol. The summed E-state index contributed by atoms with van der Waals surface area (Å²) in [6, 6.07) is 4.31. The van der Waals surface area contributed by atoms with Gasteiger partial charge in [-0.15, -0.1) is 11.3 Å². The van der Waals surface area contributed by atoms with E-state index in [0.717, 1.165) is 17.3 Å². The van der Waals surface area contributed by atoms with Crippen LogP contribution in [-0.4, -0.2) is 49.1 Å². The first kappa shape index (κ1) is 15.5. The maximum absolute atomic E-state index is 5.40. The number of nitrogens with two attached hydrogens (primary N) is 1. The highest BCUT2D eigenvalue weighted by molar-refractivity contribution is 7.12. The maximum Gasteiger partial charge on any atom is 0.0772 e. The van der Waals surface area contributed by atoms with Gasteiger partial charge in [-0.1, -0.05) is 25.7 Å². The molecule has 0 amide bonds. The van der Waals surface area contributed by atoms with Crippen molar-refractivity contribution in [2.45, 2.75) is 20.4 Å². The molecule has 4 heteroatoms. The Morgan fingerprint density at radius 3 is 2.55 bits per heavy atom. The molecule has 0 atom stereocenters. The average Bonchev–Trinajstić information content (AvgIpc) is 2.86. The highest BCUT2D eigenvalue weighted by atomic mass is 32.1. The minimum Gasteiger partial charge on any atom is -0.320 e. The van der Waals surface area contributed by atoms with Crippen LogP contribution in [0.3, 0.4) is 0 Å². The van der Waals surface area contributed by atoms with Gasteiger partial charge in [-0.3, -0.25) is 4.90 Å². The van der Waals surface area contributed by atoms with Gasteiger partial charge in [0.15, 0.2) is 0 Å². The molecule has 2 rings (SSSR count). The molecule has 2 heterocycles. The number of hydrogen-bond acceptors (Lipinski definition) is 4. The van der Waals surface area contributed by atoms with Gasteiger partial charge in [-0.05, 0) is 18.1 Å².